The fourth-order valence-corrected chi connectivity index (χ4v) is 3.82. The maximum absolute atomic E-state index is 10.5. The molecule has 5 heteroatoms. The minimum absolute atomic E-state index is 0.0568. The van der Waals surface area contributed by atoms with Crippen molar-refractivity contribution >= 4 is 17.7 Å². The molecule has 0 aromatic carbocycles. The van der Waals surface area contributed by atoms with Crippen LogP contribution in [-0.4, -0.2) is 40.6 Å². The van der Waals surface area contributed by atoms with E-state index in [2.05, 4.69) is 0 Å². The van der Waals surface area contributed by atoms with Crippen LogP contribution in [0.1, 0.15) is 39.0 Å². The van der Waals surface area contributed by atoms with Gasteiger partial charge >= 0.3 is 5.97 Å². The fourth-order valence-electron chi connectivity index (χ4n) is 2.41. The Kier molecular flexibility index (Phi) is 4.33. The highest BCUT2D eigenvalue weighted by Crippen LogP contribution is 2.40. The standard InChI is InChI=1S/C12H20O4S/c1-12(10-4-2-3-7-17-10)15-8-9(16-12)5-6-11(13)14/h9-10H,2-8H2,1H3,(H,13,14). The van der Waals surface area contributed by atoms with Crippen molar-refractivity contribution in [2.24, 2.45) is 0 Å². The van der Waals surface area contributed by atoms with Gasteiger partial charge < -0.3 is 14.6 Å². The first-order valence-corrected chi connectivity index (χ1v) is 7.30. The average molecular weight is 260 g/mol. The van der Waals surface area contributed by atoms with Crippen LogP contribution in [0.4, 0.5) is 0 Å². The molecule has 1 N–H and O–H groups in total. The summed E-state index contributed by atoms with van der Waals surface area (Å²) in [6.07, 6.45) is 4.29. The van der Waals surface area contributed by atoms with Crippen LogP contribution < -0.4 is 0 Å². The van der Waals surface area contributed by atoms with Gasteiger partial charge in [0, 0.05) is 6.42 Å². The molecular formula is C12H20O4S. The van der Waals surface area contributed by atoms with Crippen molar-refractivity contribution in [1.29, 1.82) is 0 Å². The van der Waals surface area contributed by atoms with E-state index < -0.39 is 11.8 Å². The van der Waals surface area contributed by atoms with Gasteiger partial charge in [-0.05, 0) is 31.9 Å². The maximum atomic E-state index is 10.5. The molecule has 0 aromatic heterocycles. The summed E-state index contributed by atoms with van der Waals surface area (Å²) in [5.74, 6) is -0.102. The highest BCUT2D eigenvalue weighted by Gasteiger charge is 2.44. The zero-order valence-electron chi connectivity index (χ0n) is 10.2. The minimum Gasteiger partial charge on any atom is -0.481 e. The summed E-state index contributed by atoms with van der Waals surface area (Å²) in [4.78, 5) is 10.5. The van der Waals surface area contributed by atoms with E-state index in [0.29, 0.717) is 18.3 Å². The Bertz CT molecular complexity index is 278. The number of hydrogen-bond donors (Lipinski definition) is 1. The first-order chi connectivity index (χ1) is 8.10. The van der Waals surface area contributed by atoms with Gasteiger partial charge in [-0.2, -0.15) is 11.8 Å². The van der Waals surface area contributed by atoms with Crippen molar-refractivity contribution in [2.75, 3.05) is 12.4 Å². The molecule has 2 saturated heterocycles. The van der Waals surface area contributed by atoms with E-state index in [0.717, 1.165) is 6.42 Å². The van der Waals surface area contributed by atoms with Crippen molar-refractivity contribution in [3.05, 3.63) is 0 Å². The number of rotatable bonds is 4. The van der Waals surface area contributed by atoms with Crippen molar-refractivity contribution in [1.82, 2.24) is 0 Å². The Labute approximate surface area is 106 Å². The van der Waals surface area contributed by atoms with Crippen LogP contribution in [0.2, 0.25) is 0 Å². The molecule has 0 amide bonds. The first kappa shape index (κ1) is 13.2. The molecule has 3 unspecified atom stereocenters. The number of carbonyl (C=O) groups is 1. The van der Waals surface area contributed by atoms with E-state index in [-0.39, 0.29) is 12.5 Å². The Hall–Kier alpha value is -0.260. The topological polar surface area (TPSA) is 55.8 Å². The second-order valence-electron chi connectivity index (χ2n) is 4.85. The lowest BCUT2D eigenvalue weighted by Gasteiger charge is -2.34. The third-order valence-corrected chi connectivity index (χ3v) is 4.99. The molecule has 2 rings (SSSR count). The molecule has 0 aliphatic carbocycles. The van der Waals surface area contributed by atoms with E-state index in [1.807, 2.05) is 18.7 Å². The summed E-state index contributed by atoms with van der Waals surface area (Å²) in [6.45, 7) is 2.53. The smallest absolute Gasteiger partial charge is 0.303 e. The summed E-state index contributed by atoms with van der Waals surface area (Å²) in [7, 11) is 0. The third-order valence-electron chi connectivity index (χ3n) is 3.40. The van der Waals surface area contributed by atoms with Crippen molar-refractivity contribution in [2.45, 2.75) is 56.2 Å². The van der Waals surface area contributed by atoms with Gasteiger partial charge in [0.1, 0.15) is 0 Å². The highest BCUT2D eigenvalue weighted by molar-refractivity contribution is 8.00. The fraction of sp³-hybridized carbons (Fsp3) is 0.917. The van der Waals surface area contributed by atoms with Gasteiger partial charge in [-0.1, -0.05) is 6.42 Å². The molecular weight excluding hydrogens is 240 g/mol. The predicted octanol–water partition coefficient (Wildman–Crippen LogP) is 2.27. The number of ether oxygens (including phenoxy) is 2. The Morgan fingerprint density at radius 3 is 3.00 bits per heavy atom. The first-order valence-electron chi connectivity index (χ1n) is 6.25. The van der Waals surface area contributed by atoms with Crippen LogP contribution >= 0.6 is 11.8 Å². The normalized spacial score (nSPS) is 38.2. The minimum atomic E-state index is -0.769. The van der Waals surface area contributed by atoms with E-state index >= 15 is 0 Å². The number of carboxylic acid groups (broad SMARTS) is 1. The second kappa shape index (κ2) is 5.59. The molecule has 17 heavy (non-hydrogen) atoms. The van der Waals surface area contributed by atoms with Gasteiger partial charge in [-0.3, -0.25) is 4.79 Å². The number of thioether (sulfide) groups is 1. The Morgan fingerprint density at radius 2 is 2.35 bits per heavy atom. The van der Waals surface area contributed by atoms with Crippen LogP contribution in [0, 0.1) is 0 Å². The monoisotopic (exact) mass is 260 g/mol. The molecule has 0 spiro atoms. The molecule has 0 aromatic rings. The largest absolute Gasteiger partial charge is 0.481 e. The molecule has 0 bridgehead atoms. The summed E-state index contributed by atoms with van der Waals surface area (Å²) < 4.78 is 11.7. The van der Waals surface area contributed by atoms with Crippen LogP contribution in [0.15, 0.2) is 0 Å². The molecule has 4 nitrogen and oxygen atoms in total. The van der Waals surface area contributed by atoms with Gasteiger partial charge in [-0.15, -0.1) is 0 Å². The number of carboxylic acids is 1. The van der Waals surface area contributed by atoms with Crippen molar-refractivity contribution < 1.29 is 19.4 Å². The van der Waals surface area contributed by atoms with E-state index in [1.165, 1.54) is 18.6 Å². The molecule has 2 fully saturated rings. The highest BCUT2D eigenvalue weighted by atomic mass is 32.2. The Balaban J connectivity index is 1.84. The van der Waals surface area contributed by atoms with Crippen LogP contribution in [0.5, 0.6) is 0 Å². The summed E-state index contributed by atoms with van der Waals surface area (Å²) in [6, 6.07) is 0. The maximum Gasteiger partial charge on any atom is 0.303 e. The molecule has 2 heterocycles. The van der Waals surface area contributed by atoms with Crippen LogP contribution in [0.25, 0.3) is 0 Å². The van der Waals surface area contributed by atoms with Crippen molar-refractivity contribution in [3.8, 4) is 0 Å². The SMILES string of the molecule is CC1(C2CCCCS2)OCC(CCC(=O)O)O1. The molecule has 0 saturated carbocycles. The zero-order valence-corrected chi connectivity index (χ0v) is 11.0. The lowest BCUT2D eigenvalue weighted by Crippen LogP contribution is -2.40. The van der Waals surface area contributed by atoms with Gasteiger partial charge in [0.15, 0.2) is 5.79 Å². The van der Waals surface area contributed by atoms with Gasteiger partial charge in [0.25, 0.3) is 0 Å². The average Bonchev–Trinajstić information content (AvgIpc) is 2.71. The number of aliphatic carboxylic acids is 1. The summed E-state index contributed by atoms with van der Waals surface area (Å²) >= 11 is 1.92. The second-order valence-corrected chi connectivity index (χ2v) is 6.17. The lowest BCUT2D eigenvalue weighted by atomic mass is 10.1. The lowest BCUT2D eigenvalue weighted by molar-refractivity contribution is -0.157. The molecule has 3 atom stereocenters. The van der Waals surface area contributed by atoms with Crippen molar-refractivity contribution in [3.63, 3.8) is 0 Å². The van der Waals surface area contributed by atoms with E-state index in [9.17, 15) is 4.79 Å². The van der Waals surface area contributed by atoms with Gasteiger partial charge in [0.2, 0.25) is 0 Å². The Morgan fingerprint density at radius 1 is 1.53 bits per heavy atom. The van der Waals surface area contributed by atoms with Crippen LogP contribution in [0.3, 0.4) is 0 Å². The predicted molar refractivity (Wildman–Crippen MR) is 66.2 cm³/mol. The summed E-state index contributed by atoms with van der Waals surface area (Å²) in [5.41, 5.74) is 0. The molecule has 2 aliphatic rings. The number of hydrogen-bond acceptors (Lipinski definition) is 4. The molecule has 98 valence electrons. The molecule has 2 aliphatic heterocycles. The van der Waals surface area contributed by atoms with E-state index in [1.54, 1.807) is 0 Å². The third kappa shape index (κ3) is 3.36. The van der Waals surface area contributed by atoms with Gasteiger partial charge in [-0.25, -0.2) is 0 Å². The quantitative estimate of drug-likeness (QED) is 0.840. The summed E-state index contributed by atoms with van der Waals surface area (Å²) in [5, 5.41) is 9.05. The molecule has 0 radical (unpaired) electrons. The van der Waals surface area contributed by atoms with Crippen LogP contribution in [-0.2, 0) is 14.3 Å². The zero-order chi connectivity index (χ0) is 12.3. The van der Waals surface area contributed by atoms with Gasteiger partial charge in [0.05, 0.1) is 18.0 Å². The van der Waals surface area contributed by atoms with E-state index in [4.69, 9.17) is 14.6 Å².